The van der Waals surface area contributed by atoms with Crippen LogP contribution in [0.1, 0.15) is 26.7 Å². The van der Waals surface area contributed by atoms with E-state index >= 15 is 0 Å². The maximum atomic E-state index is 7.16. The summed E-state index contributed by atoms with van der Waals surface area (Å²) < 4.78 is 0. The Morgan fingerprint density at radius 3 is 1.90 bits per heavy atom. The molecule has 60 valence electrons. The van der Waals surface area contributed by atoms with Crippen LogP contribution >= 0.6 is 0 Å². The van der Waals surface area contributed by atoms with E-state index in [1.165, 1.54) is 0 Å². The predicted octanol–water partition coefficient (Wildman–Crippen LogP) is 1.00. The van der Waals surface area contributed by atoms with Gasteiger partial charge in [0.1, 0.15) is 0 Å². The summed E-state index contributed by atoms with van der Waals surface area (Å²) in [5, 5.41) is 7.16. The molecule has 0 bridgehead atoms. The van der Waals surface area contributed by atoms with E-state index in [1.807, 2.05) is 4.90 Å². The molecule has 0 radical (unpaired) electrons. The van der Waals surface area contributed by atoms with E-state index < -0.39 is 0 Å². The highest BCUT2D eigenvalue weighted by atomic mass is 15.2. The van der Waals surface area contributed by atoms with Crippen molar-refractivity contribution in [1.82, 2.24) is 4.90 Å². The minimum Gasteiger partial charge on any atom is -0.370 e. The molecular weight excluding hydrogens is 126 g/mol. The van der Waals surface area contributed by atoms with Crippen LogP contribution in [0.4, 0.5) is 0 Å². The van der Waals surface area contributed by atoms with Gasteiger partial charge in [0.25, 0.3) is 0 Å². The van der Waals surface area contributed by atoms with Crippen LogP contribution in [0.25, 0.3) is 0 Å². The largest absolute Gasteiger partial charge is 0.370 e. The topological polar surface area (TPSA) is 53.1 Å². The molecule has 0 spiro atoms. The average molecular weight is 143 g/mol. The van der Waals surface area contributed by atoms with E-state index in [0.717, 1.165) is 25.9 Å². The number of rotatable bonds is 4. The van der Waals surface area contributed by atoms with Crippen LogP contribution in [0, 0.1) is 5.41 Å². The van der Waals surface area contributed by atoms with Gasteiger partial charge in [0.2, 0.25) is 0 Å². The molecule has 0 saturated heterocycles. The SMILES string of the molecule is CCCN(CCC)C(=N)N. The highest BCUT2D eigenvalue weighted by molar-refractivity contribution is 5.74. The monoisotopic (exact) mass is 143 g/mol. The Balaban J connectivity index is 3.61. The minimum atomic E-state index is 0.198. The first-order valence-electron chi connectivity index (χ1n) is 3.81. The lowest BCUT2D eigenvalue weighted by Gasteiger charge is -2.20. The van der Waals surface area contributed by atoms with Gasteiger partial charge in [-0.3, -0.25) is 5.41 Å². The zero-order chi connectivity index (χ0) is 7.98. The van der Waals surface area contributed by atoms with Gasteiger partial charge in [-0.05, 0) is 12.8 Å². The third-order valence-electron chi connectivity index (χ3n) is 1.33. The third-order valence-corrected chi connectivity index (χ3v) is 1.33. The van der Waals surface area contributed by atoms with Crippen LogP contribution in [-0.2, 0) is 0 Å². The molecular formula is C7H17N3. The molecule has 0 aliphatic carbocycles. The third kappa shape index (κ3) is 3.33. The molecule has 3 heteroatoms. The fraction of sp³-hybridized carbons (Fsp3) is 0.857. The molecule has 0 aromatic rings. The van der Waals surface area contributed by atoms with Crippen LogP contribution in [-0.4, -0.2) is 23.9 Å². The van der Waals surface area contributed by atoms with Crippen molar-refractivity contribution in [3.8, 4) is 0 Å². The summed E-state index contributed by atoms with van der Waals surface area (Å²) in [4.78, 5) is 1.89. The van der Waals surface area contributed by atoms with Gasteiger partial charge in [-0.1, -0.05) is 13.8 Å². The molecule has 0 heterocycles. The Bertz CT molecular complexity index is 95.0. The second-order valence-electron chi connectivity index (χ2n) is 2.37. The van der Waals surface area contributed by atoms with Crippen LogP contribution in [0.5, 0.6) is 0 Å². The highest BCUT2D eigenvalue weighted by Gasteiger charge is 2.01. The lowest BCUT2D eigenvalue weighted by Crippen LogP contribution is -2.37. The van der Waals surface area contributed by atoms with E-state index in [1.54, 1.807) is 0 Å². The van der Waals surface area contributed by atoms with E-state index in [-0.39, 0.29) is 5.96 Å². The Kier molecular flexibility index (Phi) is 4.72. The summed E-state index contributed by atoms with van der Waals surface area (Å²) in [6.07, 6.45) is 2.11. The summed E-state index contributed by atoms with van der Waals surface area (Å²) in [5.74, 6) is 0.198. The first-order chi connectivity index (χ1) is 4.72. The van der Waals surface area contributed by atoms with Crippen molar-refractivity contribution in [2.75, 3.05) is 13.1 Å². The quantitative estimate of drug-likeness (QED) is 0.455. The summed E-state index contributed by atoms with van der Waals surface area (Å²) >= 11 is 0. The van der Waals surface area contributed by atoms with E-state index in [4.69, 9.17) is 11.1 Å². The fourth-order valence-corrected chi connectivity index (χ4v) is 0.893. The van der Waals surface area contributed by atoms with Gasteiger partial charge in [-0.2, -0.15) is 0 Å². The van der Waals surface area contributed by atoms with Crippen molar-refractivity contribution in [3.63, 3.8) is 0 Å². The molecule has 0 aliphatic heterocycles. The molecule has 3 N–H and O–H groups in total. The van der Waals surface area contributed by atoms with Crippen molar-refractivity contribution in [1.29, 1.82) is 5.41 Å². The van der Waals surface area contributed by atoms with Crippen molar-refractivity contribution in [2.24, 2.45) is 5.73 Å². The van der Waals surface area contributed by atoms with Crippen LogP contribution in [0.3, 0.4) is 0 Å². The summed E-state index contributed by atoms with van der Waals surface area (Å²) in [6, 6.07) is 0. The average Bonchev–Trinajstić information content (AvgIpc) is 1.87. The van der Waals surface area contributed by atoms with Crippen molar-refractivity contribution < 1.29 is 0 Å². The maximum Gasteiger partial charge on any atom is 0.188 e. The number of nitrogens with zero attached hydrogens (tertiary/aromatic N) is 1. The Labute approximate surface area is 62.7 Å². The molecule has 0 fully saturated rings. The van der Waals surface area contributed by atoms with Gasteiger partial charge in [-0.15, -0.1) is 0 Å². The first-order valence-corrected chi connectivity index (χ1v) is 3.81. The molecule has 0 saturated carbocycles. The zero-order valence-corrected chi connectivity index (χ0v) is 6.85. The Hall–Kier alpha value is -0.730. The van der Waals surface area contributed by atoms with Crippen molar-refractivity contribution in [2.45, 2.75) is 26.7 Å². The first kappa shape index (κ1) is 9.27. The van der Waals surface area contributed by atoms with Gasteiger partial charge in [0.15, 0.2) is 5.96 Å². The van der Waals surface area contributed by atoms with Crippen LogP contribution < -0.4 is 5.73 Å². The van der Waals surface area contributed by atoms with E-state index in [2.05, 4.69) is 13.8 Å². The molecule has 10 heavy (non-hydrogen) atoms. The number of nitrogens with one attached hydrogen (secondary N) is 1. The normalized spacial score (nSPS) is 9.40. The van der Waals surface area contributed by atoms with E-state index in [0.29, 0.717) is 0 Å². The van der Waals surface area contributed by atoms with Gasteiger partial charge in [0, 0.05) is 13.1 Å². The summed E-state index contributed by atoms with van der Waals surface area (Å²) in [7, 11) is 0. The smallest absolute Gasteiger partial charge is 0.188 e. The summed E-state index contributed by atoms with van der Waals surface area (Å²) in [5.41, 5.74) is 5.32. The Morgan fingerprint density at radius 1 is 1.30 bits per heavy atom. The number of hydrogen-bond donors (Lipinski definition) is 2. The van der Waals surface area contributed by atoms with Crippen LogP contribution in [0.15, 0.2) is 0 Å². The Morgan fingerprint density at radius 2 is 1.70 bits per heavy atom. The molecule has 0 amide bonds. The standard InChI is InChI=1S/C7H17N3/c1-3-5-10(6-4-2)7(8)9/h3-6H2,1-2H3,(H3,8,9). The maximum absolute atomic E-state index is 7.16. The lowest BCUT2D eigenvalue weighted by molar-refractivity contribution is 0.410. The minimum absolute atomic E-state index is 0.198. The number of hydrogen-bond acceptors (Lipinski definition) is 1. The van der Waals surface area contributed by atoms with E-state index in [9.17, 15) is 0 Å². The zero-order valence-electron chi connectivity index (χ0n) is 6.85. The molecule has 0 aromatic carbocycles. The molecule has 0 atom stereocenters. The van der Waals surface area contributed by atoms with Gasteiger partial charge >= 0.3 is 0 Å². The molecule has 3 nitrogen and oxygen atoms in total. The number of guanidine groups is 1. The lowest BCUT2D eigenvalue weighted by atomic mass is 10.4. The van der Waals surface area contributed by atoms with Crippen molar-refractivity contribution >= 4 is 5.96 Å². The predicted molar refractivity (Wildman–Crippen MR) is 44.1 cm³/mol. The van der Waals surface area contributed by atoms with Gasteiger partial charge in [0.05, 0.1) is 0 Å². The number of nitrogens with two attached hydrogens (primary N) is 1. The molecule has 0 rings (SSSR count). The van der Waals surface area contributed by atoms with Gasteiger partial charge in [-0.25, -0.2) is 0 Å². The second kappa shape index (κ2) is 5.09. The second-order valence-corrected chi connectivity index (χ2v) is 2.37. The molecule has 0 unspecified atom stereocenters. The molecule has 0 aromatic heterocycles. The van der Waals surface area contributed by atoms with Gasteiger partial charge < -0.3 is 10.6 Å². The van der Waals surface area contributed by atoms with Crippen molar-refractivity contribution in [3.05, 3.63) is 0 Å². The van der Waals surface area contributed by atoms with Crippen LogP contribution in [0.2, 0.25) is 0 Å². The highest BCUT2D eigenvalue weighted by Crippen LogP contribution is 1.91. The summed E-state index contributed by atoms with van der Waals surface area (Å²) in [6.45, 7) is 5.99. The fourth-order valence-electron chi connectivity index (χ4n) is 0.893. The molecule has 0 aliphatic rings.